The summed E-state index contributed by atoms with van der Waals surface area (Å²) in [7, 11) is 0. The normalized spacial score (nSPS) is 24.3. The van der Waals surface area contributed by atoms with Gasteiger partial charge in [0.05, 0.1) is 5.69 Å². The molecule has 0 aromatic carbocycles. The van der Waals surface area contributed by atoms with E-state index in [0.29, 0.717) is 5.75 Å². The molecule has 3 rings (SSSR count). The molecule has 0 saturated carbocycles. The molecule has 3 heterocycles. The number of piperidine rings is 2. The minimum Gasteiger partial charge on any atom is -0.506 e. The van der Waals surface area contributed by atoms with E-state index >= 15 is 0 Å². The molecular weight excluding hydrogens is 298 g/mol. The highest BCUT2D eigenvalue weighted by atomic mass is 16.3. The first-order chi connectivity index (χ1) is 11.6. The van der Waals surface area contributed by atoms with Gasteiger partial charge < -0.3 is 10.0 Å². The van der Waals surface area contributed by atoms with E-state index in [2.05, 4.69) is 21.7 Å². The van der Waals surface area contributed by atoms with Crippen LogP contribution in [0.2, 0.25) is 0 Å². The molecule has 2 saturated heterocycles. The number of pyridine rings is 1. The lowest BCUT2D eigenvalue weighted by atomic mass is 9.92. The lowest BCUT2D eigenvalue weighted by molar-refractivity contribution is 0.125. The third-order valence-electron chi connectivity index (χ3n) is 5.94. The van der Waals surface area contributed by atoms with Crippen LogP contribution in [0.15, 0.2) is 12.1 Å². The molecule has 1 aromatic rings. The van der Waals surface area contributed by atoms with Gasteiger partial charge in [0.1, 0.15) is 5.75 Å². The fourth-order valence-corrected chi connectivity index (χ4v) is 4.20. The number of nitrogens with zero attached hydrogens (tertiary/aromatic N) is 3. The van der Waals surface area contributed by atoms with Crippen LogP contribution in [-0.4, -0.2) is 52.1 Å². The second-order valence-electron chi connectivity index (χ2n) is 7.81. The van der Waals surface area contributed by atoms with Gasteiger partial charge in [-0.2, -0.15) is 0 Å². The summed E-state index contributed by atoms with van der Waals surface area (Å²) >= 11 is 0. The molecule has 0 bridgehead atoms. The maximum atomic E-state index is 9.98. The number of hydrogen-bond acceptors (Lipinski definition) is 4. The number of hydrogen-bond donors (Lipinski definition) is 1. The van der Waals surface area contributed by atoms with E-state index in [-0.39, 0.29) is 0 Å². The number of aromatic nitrogens is 1. The van der Waals surface area contributed by atoms with Gasteiger partial charge in [0, 0.05) is 18.3 Å². The van der Waals surface area contributed by atoms with Crippen LogP contribution < -0.4 is 0 Å². The lowest BCUT2D eigenvalue weighted by Crippen LogP contribution is -2.40. The monoisotopic (exact) mass is 331 g/mol. The SMILES string of the molecule is Cc1ccc(O)c(CN2CCC(CCN3CCCCC3C)CC2)n1. The molecule has 0 radical (unpaired) electrons. The Balaban J connectivity index is 1.41. The highest BCUT2D eigenvalue weighted by Crippen LogP contribution is 2.25. The van der Waals surface area contributed by atoms with E-state index in [4.69, 9.17) is 0 Å². The summed E-state index contributed by atoms with van der Waals surface area (Å²) < 4.78 is 0. The Labute approximate surface area is 146 Å². The third kappa shape index (κ3) is 4.70. The standard InChI is InChI=1S/C20H33N3O/c1-16-6-7-20(24)19(21-16)15-22-12-8-18(9-13-22)10-14-23-11-4-3-5-17(23)2/h6-7,17-18,24H,3-5,8-15H2,1-2H3. The Hall–Kier alpha value is -1.13. The van der Waals surface area contributed by atoms with Gasteiger partial charge in [-0.15, -0.1) is 0 Å². The molecule has 2 aliphatic rings. The summed E-state index contributed by atoms with van der Waals surface area (Å²) in [5.41, 5.74) is 1.81. The van der Waals surface area contributed by atoms with Crippen LogP contribution in [0.5, 0.6) is 5.75 Å². The van der Waals surface area contributed by atoms with Gasteiger partial charge in [-0.3, -0.25) is 9.88 Å². The fourth-order valence-electron chi connectivity index (χ4n) is 4.20. The largest absolute Gasteiger partial charge is 0.506 e. The maximum absolute atomic E-state index is 9.98. The van der Waals surface area contributed by atoms with Crippen LogP contribution in [0.3, 0.4) is 0 Å². The van der Waals surface area contributed by atoms with Crippen molar-refractivity contribution < 1.29 is 5.11 Å². The first-order valence-electron chi connectivity index (χ1n) is 9.73. The van der Waals surface area contributed by atoms with Crippen molar-refractivity contribution in [1.29, 1.82) is 0 Å². The summed E-state index contributed by atoms with van der Waals surface area (Å²) in [6, 6.07) is 4.42. The predicted molar refractivity (Wildman–Crippen MR) is 98.1 cm³/mol. The Morgan fingerprint density at radius 2 is 1.92 bits per heavy atom. The lowest BCUT2D eigenvalue weighted by Gasteiger charge is -2.36. The smallest absolute Gasteiger partial charge is 0.138 e. The van der Waals surface area contributed by atoms with Crippen molar-refractivity contribution in [3.63, 3.8) is 0 Å². The zero-order valence-corrected chi connectivity index (χ0v) is 15.4. The van der Waals surface area contributed by atoms with Gasteiger partial charge >= 0.3 is 0 Å². The summed E-state index contributed by atoms with van der Waals surface area (Å²) in [6.07, 6.45) is 8.10. The average Bonchev–Trinajstić information content (AvgIpc) is 2.59. The molecule has 1 atom stereocenters. The van der Waals surface area contributed by atoms with Crippen molar-refractivity contribution in [2.24, 2.45) is 5.92 Å². The Kier molecular flexibility index (Phi) is 6.12. The van der Waals surface area contributed by atoms with E-state index in [1.165, 1.54) is 51.6 Å². The summed E-state index contributed by atoms with van der Waals surface area (Å²) in [4.78, 5) is 9.64. The van der Waals surface area contributed by atoms with Crippen molar-refractivity contribution in [3.05, 3.63) is 23.5 Å². The summed E-state index contributed by atoms with van der Waals surface area (Å²) in [5, 5.41) is 9.98. The van der Waals surface area contributed by atoms with Crippen molar-refractivity contribution in [2.75, 3.05) is 26.2 Å². The van der Waals surface area contributed by atoms with E-state index < -0.39 is 0 Å². The van der Waals surface area contributed by atoms with Crippen molar-refractivity contribution in [3.8, 4) is 5.75 Å². The van der Waals surface area contributed by atoms with Crippen LogP contribution in [0.4, 0.5) is 0 Å². The van der Waals surface area contributed by atoms with E-state index in [0.717, 1.165) is 43.0 Å². The first-order valence-corrected chi connectivity index (χ1v) is 9.73. The topological polar surface area (TPSA) is 39.6 Å². The highest BCUT2D eigenvalue weighted by molar-refractivity contribution is 5.27. The van der Waals surface area contributed by atoms with Gasteiger partial charge in [-0.05, 0) is 90.2 Å². The number of aromatic hydroxyl groups is 1. The van der Waals surface area contributed by atoms with Crippen LogP contribution in [0.1, 0.15) is 56.8 Å². The quantitative estimate of drug-likeness (QED) is 0.895. The molecule has 0 aliphatic carbocycles. The zero-order chi connectivity index (χ0) is 16.9. The van der Waals surface area contributed by atoms with E-state index in [9.17, 15) is 5.11 Å². The fraction of sp³-hybridized carbons (Fsp3) is 0.750. The molecule has 0 spiro atoms. The molecule has 134 valence electrons. The second-order valence-corrected chi connectivity index (χ2v) is 7.81. The van der Waals surface area contributed by atoms with Gasteiger partial charge in [0.25, 0.3) is 0 Å². The molecule has 4 heteroatoms. The Morgan fingerprint density at radius 1 is 1.12 bits per heavy atom. The van der Waals surface area contributed by atoms with E-state index in [1.807, 2.05) is 13.0 Å². The number of likely N-dealkylation sites (tertiary alicyclic amines) is 2. The van der Waals surface area contributed by atoms with Crippen LogP contribution in [0.25, 0.3) is 0 Å². The summed E-state index contributed by atoms with van der Waals surface area (Å²) in [6.45, 7) is 10.0. The maximum Gasteiger partial charge on any atom is 0.138 e. The molecule has 2 aliphatic heterocycles. The van der Waals surface area contributed by atoms with Crippen LogP contribution in [-0.2, 0) is 6.54 Å². The van der Waals surface area contributed by atoms with Crippen LogP contribution in [0, 0.1) is 12.8 Å². The second kappa shape index (κ2) is 8.30. The third-order valence-corrected chi connectivity index (χ3v) is 5.94. The van der Waals surface area contributed by atoms with Crippen molar-refractivity contribution >= 4 is 0 Å². The number of aryl methyl sites for hydroxylation is 1. The average molecular weight is 332 g/mol. The minimum atomic E-state index is 0.335. The molecule has 1 N–H and O–H groups in total. The number of rotatable bonds is 5. The van der Waals surface area contributed by atoms with Crippen molar-refractivity contribution in [2.45, 2.75) is 65.0 Å². The zero-order valence-electron chi connectivity index (χ0n) is 15.4. The molecule has 0 amide bonds. The molecule has 4 nitrogen and oxygen atoms in total. The molecule has 1 unspecified atom stereocenters. The Morgan fingerprint density at radius 3 is 2.67 bits per heavy atom. The van der Waals surface area contributed by atoms with Crippen molar-refractivity contribution in [1.82, 2.24) is 14.8 Å². The highest BCUT2D eigenvalue weighted by Gasteiger charge is 2.23. The van der Waals surface area contributed by atoms with E-state index in [1.54, 1.807) is 6.07 Å². The predicted octanol–water partition coefficient (Wildman–Crippen LogP) is 3.57. The van der Waals surface area contributed by atoms with Crippen LogP contribution >= 0.6 is 0 Å². The Bertz CT molecular complexity index is 526. The van der Waals surface area contributed by atoms with Gasteiger partial charge in [0.2, 0.25) is 0 Å². The molecule has 2 fully saturated rings. The summed E-state index contributed by atoms with van der Waals surface area (Å²) in [5.74, 6) is 1.20. The van der Waals surface area contributed by atoms with Gasteiger partial charge in [0.15, 0.2) is 0 Å². The molecular formula is C20H33N3O. The van der Waals surface area contributed by atoms with Gasteiger partial charge in [-0.25, -0.2) is 0 Å². The molecule has 24 heavy (non-hydrogen) atoms. The minimum absolute atomic E-state index is 0.335. The van der Waals surface area contributed by atoms with Gasteiger partial charge in [-0.1, -0.05) is 6.42 Å². The first kappa shape index (κ1) is 17.7. The molecule has 1 aromatic heterocycles.